The van der Waals surface area contributed by atoms with Gasteiger partial charge in [0.05, 0.1) is 6.61 Å². The summed E-state index contributed by atoms with van der Waals surface area (Å²) in [6.07, 6.45) is -0.612. The van der Waals surface area contributed by atoms with E-state index in [1.807, 2.05) is 0 Å². The molecule has 0 bridgehead atoms. The minimum Gasteiger partial charge on any atom is -0.463 e. The largest absolute Gasteiger partial charge is 0.463 e. The number of halogens is 3. The lowest BCUT2D eigenvalue weighted by molar-refractivity contribution is -0.141. The number of rotatable bonds is 6. The Labute approximate surface area is 147 Å². The fourth-order valence-electron chi connectivity index (χ4n) is 1.98. The van der Waals surface area contributed by atoms with Gasteiger partial charge in [0, 0.05) is 18.0 Å². The molecule has 0 aliphatic rings. The third kappa shape index (κ3) is 5.76. The van der Waals surface area contributed by atoms with Gasteiger partial charge >= 0.3 is 12.1 Å². The number of carbonyl (C=O) groups is 2. The minimum atomic E-state index is -4.55. The number of aromatic nitrogens is 2. The molecule has 0 unspecified atom stereocenters. The van der Waals surface area contributed by atoms with Crippen molar-refractivity contribution >= 4 is 23.6 Å². The molecule has 1 aromatic carbocycles. The second-order valence-electron chi connectivity index (χ2n) is 5.15. The lowest BCUT2D eigenvalue weighted by Gasteiger charge is -2.06. The van der Waals surface area contributed by atoms with Gasteiger partial charge in [-0.1, -0.05) is 12.1 Å². The summed E-state index contributed by atoms with van der Waals surface area (Å²) in [5.74, 6) is -0.973. The number of amides is 1. The SMILES string of the molecule is CCOC(=O)C=Cc1ccc(NC(=O)Cn2ccc(C(F)(F)F)n2)cc1. The van der Waals surface area contributed by atoms with E-state index in [2.05, 4.69) is 10.4 Å². The minimum absolute atomic E-state index is 0.287. The maximum Gasteiger partial charge on any atom is 0.435 e. The van der Waals surface area contributed by atoms with Gasteiger partial charge in [0.1, 0.15) is 6.54 Å². The molecule has 0 saturated carbocycles. The van der Waals surface area contributed by atoms with E-state index in [4.69, 9.17) is 4.74 Å². The standard InChI is InChI=1S/C17H16F3N3O3/c1-2-26-16(25)8-5-12-3-6-13(7-4-12)21-15(24)11-23-10-9-14(22-23)17(18,19)20/h3-10H,2,11H2,1H3,(H,21,24). The fourth-order valence-corrected chi connectivity index (χ4v) is 1.98. The van der Waals surface area contributed by atoms with Crippen LogP contribution in [0, 0.1) is 0 Å². The van der Waals surface area contributed by atoms with Crippen molar-refractivity contribution in [1.82, 2.24) is 9.78 Å². The lowest BCUT2D eigenvalue weighted by atomic mass is 10.2. The van der Waals surface area contributed by atoms with Crippen LogP contribution in [0.25, 0.3) is 6.08 Å². The Morgan fingerprint density at radius 1 is 1.23 bits per heavy atom. The first-order valence-corrected chi connectivity index (χ1v) is 7.63. The van der Waals surface area contributed by atoms with E-state index >= 15 is 0 Å². The van der Waals surface area contributed by atoms with E-state index in [0.29, 0.717) is 5.69 Å². The molecule has 2 rings (SSSR count). The highest BCUT2D eigenvalue weighted by Crippen LogP contribution is 2.27. The number of hydrogen-bond acceptors (Lipinski definition) is 4. The zero-order valence-electron chi connectivity index (χ0n) is 13.8. The molecule has 0 aliphatic heterocycles. The molecular weight excluding hydrogens is 351 g/mol. The van der Waals surface area contributed by atoms with Gasteiger partial charge in [-0.25, -0.2) is 4.79 Å². The van der Waals surface area contributed by atoms with Gasteiger partial charge in [-0.05, 0) is 36.8 Å². The van der Waals surface area contributed by atoms with Crippen LogP contribution >= 0.6 is 0 Å². The maximum atomic E-state index is 12.5. The number of hydrogen-bond donors (Lipinski definition) is 1. The Bertz CT molecular complexity index is 796. The van der Waals surface area contributed by atoms with E-state index in [9.17, 15) is 22.8 Å². The maximum absolute atomic E-state index is 12.5. The molecular formula is C17H16F3N3O3. The first-order chi connectivity index (χ1) is 12.3. The molecule has 2 aromatic rings. The average molecular weight is 367 g/mol. The number of anilines is 1. The van der Waals surface area contributed by atoms with Crippen LogP contribution in [0.1, 0.15) is 18.2 Å². The fraction of sp³-hybridized carbons (Fsp3) is 0.235. The van der Waals surface area contributed by atoms with Gasteiger partial charge in [-0.2, -0.15) is 18.3 Å². The molecule has 26 heavy (non-hydrogen) atoms. The number of ether oxygens (including phenoxy) is 1. The number of esters is 1. The van der Waals surface area contributed by atoms with Crippen LogP contribution in [0.15, 0.2) is 42.6 Å². The number of benzene rings is 1. The number of nitrogens with zero attached hydrogens (tertiary/aromatic N) is 2. The van der Waals surface area contributed by atoms with Gasteiger partial charge in [0.2, 0.25) is 5.91 Å². The van der Waals surface area contributed by atoms with Gasteiger partial charge in [-0.3, -0.25) is 9.48 Å². The molecule has 1 amide bonds. The van der Waals surface area contributed by atoms with E-state index in [-0.39, 0.29) is 13.2 Å². The predicted molar refractivity (Wildman–Crippen MR) is 88.0 cm³/mol. The topological polar surface area (TPSA) is 73.2 Å². The number of alkyl halides is 3. The van der Waals surface area contributed by atoms with Crippen molar-refractivity contribution in [3.05, 3.63) is 53.9 Å². The molecule has 0 radical (unpaired) electrons. The summed E-state index contributed by atoms with van der Waals surface area (Å²) >= 11 is 0. The number of nitrogens with one attached hydrogen (secondary N) is 1. The Balaban J connectivity index is 1.91. The molecule has 1 N–H and O–H groups in total. The number of carbonyl (C=O) groups excluding carboxylic acids is 2. The first kappa shape index (κ1) is 19.2. The highest BCUT2D eigenvalue weighted by Gasteiger charge is 2.33. The smallest absolute Gasteiger partial charge is 0.435 e. The third-order valence-electron chi connectivity index (χ3n) is 3.13. The van der Waals surface area contributed by atoms with Gasteiger partial charge in [-0.15, -0.1) is 0 Å². The van der Waals surface area contributed by atoms with Crippen LogP contribution < -0.4 is 5.32 Å². The normalized spacial score (nSPS) is 11.5. The van der Waals surface area contributed by atoms with Gasteiger partial charge in [0.25, 0.3) is 0 Å². The molecule has 0 atom stereocenters. The molecule has 138 valence electrons. The van der Waals surface area contributed by atoms with Crippen LogP contribution in [-0.4, -0.2) is 28.3 Å². The zero-order valence-corrected chi connectivity index (χ0v) is 13.8. The van der Waals surface area contributed by atoms with Crippen molar-refractivity contribution in [2.45, 2.75) is 19.6 Å². The lowest BCUT2D eigenvalue weighted by Crippen LogP contribution is -2.19. The van der Waals surface area contributed by atoms with Crippen LogP contribution in [0.2, 0.25) is 0 Å². The molecule has 0 saturated heterocycles. The van der Waals surface area contributed by atoms with E-state index in [1.165, 1.54) is 6.08 Å². The summed E-state index contributed by atoms with van der Waals surface area (Å²) in [6, 6.07) is 7.35. The molecule has 6 nitrogen and oxygen atoms in total. The van der Waals surface area contributed by atoms with Gasteiger partial charge in [0.15, 0.2) is 5.69 Å². The molecule has 1 heterocycles. The summed E-state index contributed by atoms with van der Waals surface area (Å²) in [4.78, 5) is 23.1. The molecule has 0 fully saturated rings. The monoisotopic (exact) mass is 367 g/mol. The van der Waals surface area contributed by atoms with Crippen molar-refractivity contribution in [3.8, 4) is 0 Å². The Morgan fingerprint density at radius 3 is 2.50 bits per heavy atom. The van der Waals surface area contributed by atoms with E-state index < -0.39 is 23.7 Å². The van der Waals surface area contributed by atoms with E-state index in [0.717, 1.165) is 22.5 Å². The van der Waals surface area contributed by atoms with Gasteiger partial charge < -0.3 is 10.1 Å². The zero-order chi connectivity index (χ0) is 19.2. The Kier molecular flexibility index (Phi) is 6.16. The summed E-state index contributed by atoms with van der Waals surface area (Å²) in [7, 11) is 0. The summed E-state index contributed by atoms with van der Waals surface area (Å²) in [5.41, 5.74) is 0.132. The quantitative estimate of drug-likeness (QED) is 0.629. The summed E-state index contributed by atoms with van der Waals surface area (Å²) in [6.45, 7) is 1.64. The second kappa shape index (κ2) is 8.32. The Morgan fingerprint density at radius 2 is 1.92 bits per heavy atom. The average Bonchev–Trinajstić information content (AvgIpc) is 3.03. The Hall–Kier alpha value is -3.10. The van der Waals surface area contributed by atoms with Crippen molar-refractivity contribution in [2.24, 2.45) is 0 Å². The second-order valence-corrected chi connectivity index (χ2v) is 5.15. The highest BCUT2D eigenvalue weighted by atomic mass is 19.4. The first-order valence-electron chi connectivity index (χ1n) is 7.63. The van der Waals surface area contributed by atoms with Crippen LogP contribution in [0.5, 0.6) is 0 Å². The summed E-state index contributed by atoms with van der Waals surface area (Å²) < 4.78 is 43.1. The third-order valence-corrected chi connectivity index (χ3v) is 3.13. The van der Waals surface area contributed by atoms with Crippen molar-refractivity contribution < 1.29 is 27.5 Å². The van der Waals surface area contributed by atoms with Crippen LogP contribution in [0.3, 0.4) is 0 Å². The van der Waals surface area contributed by atoms with Crippen molar-refractivity contribution in [1.29, 1.82) is 0 Å². The predicted octanol–water partition coefficient (Wildman–Crippen LogP) is 3.12. The van der Waals surface area contributed by atoms with Crippen molar-refractivity contribution in [2.75, 3.05) is 11.9 Å². The molecule has 9 heteroatoms. The molecule has 0 spiro atoms. The highest BCUT2D eigenvalue weighted by molar-refractivity contribution is 5.91. The van der Waals surface area contributed by atoms with Crippen LogP contribution in [-0.2, 0) is 27.0 Å². The summed E-state index contributed by atoms with van der Waals surface area (Å²) in [5, 5.41) is 5.87. The van der Waals surface area contributed by atoms with Crippen LogP contribution in [0.4, 0.5) is 18.9 Å². The van der Waals surface area contributed by atoms with Crippen molar-refractivity contribution in [3.63, 3.8) is 0 Å². The molecule has 0 aliphatic carbocycles. The molecule has 1 aromatic heterocycles. The van der Waals surface area contributed by atoms with E-state index in [1.54, 1.807) is 37.3 Å².